The molecule has 1 fully saturated rings. The van der Waals surface area contributed by atoms with Gasteiger partial charge < -0.3 is 15.2 Å². The first-order chi connectivity index (χ1) is 12.7. The van der Waals surface area contributed by atoms with E-state index < -0.39 is 0 Å². The number of rotatable bonds is 4. The fourth-order valence-electron chi connectivity index (χ4n) is 2.94. The maximum Gasteiger partial charge on any atom is 0.261 e. The third kappa shape index (κ3) is 4.08. The van der Waals surface area contributed by atoms with Crippen LogP contribution in [-0.4, -0.2) is 46.7 Å². The van der Waals surface area contributed by atoms with Crippen molar-refractivity contribution in [2.45, 2.75) is 6.04 Å². The molecule has 1 saturated heterocycles. The molecule has 7 nitrogen and oxygen atoms in total. The van der Waals surface area contributed by atoms with Gasteiger partial charge in [0.15, 0.2) is 5.82 Å². The van der Waals surface area contributed by atoms with E-state index >= 15 is 0 Å². The Morgan fingerprint density at radius 2 is 2.11 bits per heavy atom. The first-order valence-electron chi connectivity index (χ1n) is 8.44. The Kier molecular flexibility index (Phi) is 6.00. The monoisotopic (exact) mass is 390 g/mol. The fourth-order valence-corrected chi connectivity index (χ4v) is 2.94. The van der Waals surface area contributed by atoms with E-state index in [2.05, 4.69) is 30.7 Å². The van der Waals surface area contributed by atoms with Gasteiger partial charge in [0.25, 0.3) is 5.89 Å². The fraction of sp³-hybridized carbons (Fsp3) is 0.278. The number of benzene rings is 1. The van der Waals surface area contributed by atoms with Gasteiger partial charge in [0.05, 0.1) is 17.3 Å². The minimum Gasteiger partial charge on any atom is -0.337 e. The Labute approximate surface area is 162 Å². The lowest BCUT2D eigenvalue weighted by molar-refractivity contribution is 0.190. The summed E-state index contributed by atoms with van der Waals surface area (Å²) in [7, 11) is 2.04. The van der Waals surface area contributed by atoms with Gasteiger partial charge in [-0.25, -0.2) is 9.37 Å². The zero-order chi connectivity index (χ0) is 17.9. The standard InChI is InChI=1S/C18H19FN6O.ClH/c1-25-10-9-20-11-15(25)17-23-18(26-24-17)12-5-4-8-21-16(12)22-14-7-3-2-6-13(14)19;/h2-8,15,20H,9-11H2,1H3,(H,21,22);1H. The highest BCUT2D eigenvalue weighted by Crippen LogP contribution is 2.29. The largest absolute Gasteiger partial charge is 0.337 e. The van der Waals surface area contributed by atoms with Gasteiger partial charge in [0.1, 0.15) is 11.6 Å². The van der Waals surface area contributed by atoms with Gasteiger partial charge in [-0.05, 0) is 31.3 Å². The van der Waals surface area contributed by atoms with Crippen LogP contribution in [0.15, 0.2) is 47.1 Å². The Morgan fingerprint density at radius 1 is 1.26 bits per heavy atom. The maximum absolute atomic E-state index is 13.9. The molecule has 2 N–H and O–H groups in total. The summed E-state index contributed by atoms with van der Waals surface area (Å²) in [5.41, 5.74) is 0.962. The molecule has 2 aromatic heterocycles. The highest BCUT2D eigenvalue weighted by atomic mass is 35.5. The molecule has 1 aliphatic heterocycles. The van der Waals surface area contributed by atoms with Gasteiger partial charge in [0, 0.05) is 25.8 Å². The third-order valence-corrected chi connectivity index (χ3v) is 4.42. The number of pyridine rings is 1. The van der Waals surface area contributed by atoms with E-state index in [1.54, 1.807) is 30.5 Å². The van der Waals surface area contributed by atoms with Gasteiger partial charge in [-0.15, -0.1) is 12.4 Å². The second-order valence-electron chi connectivity index (χ2n) is 6.16. The van der Waals surface area contributed by atoms with Crippen LogP contribution >= 0.6 is 12.4 Å². The number of likely N-dealkylation sites (N-methyl/N-ethyl adjacent to an activating group) is 1. The summed E-state index contributed by atoms with van der Waals surface area (Å²) in [6.07, 6.45) is 1.63. The number of nitrogens with one attached hydrogen (secondary N) is 2. The highest BCUT2D eigenvalue weighted by Gasteiger charge is 2.26. The number of aromatic nitrogens is 3. The number of halogens is 2. The van der Waals surface area contributed by atoms with Crippen molar-refractivity contribution in [3.05, 3.63) is 54.2 Å². The van der Waals surface area contributed by atoms with Gasteiger partial charge in [-0.3, -0.25) is 4.90 Å². The first kappa shape index (κ1) is 19.2. The Bertz CT molecular complexity index is 905. The zero-order valence-electron chi connectivity index (χ0n) is 14.7. The molecule has 3 aromatic rings. The quantitative estimate of drug-likeness (QED) is 0.708. The Hall–Kier alpha value is -2.55. The van der Waals surface area contributed by atoms with Crippen molar-refractivity contribution in [3.63, 3.8) is 0 Å². The SMILES string of the molecule is CN1CCNCC1c1noc(-c2cccnc2Nc2ccccc2F)n1.Cl. The molecule has 0 bridgehead atoms. The molecule has 0 aliphatic carbocycles. The van der Waals surface area contributed by atoms with Crippen molar-refractivity contribution in [3.8, 4) is 11.5 Å². The smallest absolute Gasteiger partial charge is 0.261 e. The van der Waals surface area contributed by atoms with E-state index in [-0.39, 0.29) is 24.3 Å². The molecule has 3 heterocycles. The summed E-state index contributed by atoms with van der Waals surface area (Å²) in [5, 5.41) is 10.5. The minimum atomic E-state index is -0.356. The van der Waals surface area contributed by atoms with Crippen molar-refractivity contribution in [2.24, 2.45) is 0 Å². The average molecular weight is 391 g/mol. The Balaban J connectivity index is 0.00000210. The summed E-state index contributed by atoms with van der Waals surface area (Å²) < 4.78 is 19.4. The summed E-state index contributed by atoms with van der Waals surface area (Å²) in [6.45, 7) is 2.63. The van der Waals surface area contributed by atoms with Crippen LogP contribution in [0, 0.1) is 5.82 Å². The molecule has 9 heteroatoms. The maximum atomic E-state index is 13.9. The normalized spacial score (nSPS) is 17.3. The van der Waals surface area contributed by atoms with Crippen LogP contribution in [0.2, 0.25) is 0 Å². The van der Waals surface area contributed by atoms with Gasteiger partial charge >= 0.3 is 0 Å². The highest BCUT2D eigenvalue weighted by molar-refractivity contribution is 5.85. The number of hydrogen-bond donors (Lipinski definition) is 2. The van der Waals surface area contributed by atoms with Crippen LogP contribution in [0.5, 0.6) is 0 Å². The van der Waals surface area contributed by atoms with Crippen molar-refractivity contribution < 1.29 is 8.91 Å². The van der Waals surface area contributed by atoms with Crippen LogP contribution in [0.25, 0.3) is 11.5 Å². The third-order valence-electron chi connectivity index (χ3n) is 4.42. The van der Waals surface area contributed by atoms with E-state index in [0.717, 1.165) is 19.6 Å². The van der Waals surface area contributed by atoms with Gasteiger partial charge in [0.2, 0.25) is 0 Å². The lowest BCUT2D eigenvalue weighted by atomic mass is 10.2. The van der Waals surface area contributed by atoms with Gasteiger partial charge in [-0.1, -0.05) is 17.3 Å². The van der Waals surface area contributed by atoms with E-state index in [1.165, 1.54) is 6.07 Å². The molecule has 1 aliphatic rings. The van der Waals surface area contributed by atoms with Crippen LogP contribution in [-0.2, 0) is 0 Å². The molecular weight excluding hydrogens is 371 g/mol. The second-order valence-corrected chi connectivity index (χ2v) is 6.16. The lowest BCUT2D eigenvalue weighted by Crippen LogP contribution is -2.44. The van der Waals surface area contributed by atoms with Gasteiger partial charge in [-0.2, -0.15) is 4.98 Å². The zero-order valence-corrected chi connectivity index (χ0v) is 15.5. The molecule has 0 spiro atoms. The summed E-state index contributed by atoms with van der Waals surface area (Å²) in [5.74, 6) is 1.08. The Morgan fingerprint density at radius 3 is 2.93 bits per heavy atom. The predicted molar refractivity (Wildman–Crippen MR) is 103 cm³/mol. The summed E-state index contributed by atoms with van der Waals surface area (Å²) in [4.78, 5) is 11.0. The molecule has 27 heavy (non-hydrogen) atoms. The number of para-hydroxylation sites is 1. The predicted octanol–water partition coefficient (Wildman–Crippen LogP) is 3.01. The number of nitrogens with zero attached hydrogens (tertiary/aromatic N) is 4. The number of piperazine rings is 1. The molecule has 1 atom stereocenters. The van der Waals surface area contributed by atoms with Crippen molar-refractivity contribution in [2.75, 3.05) is 32.0 Å². The van der Waals surface area contributed by atoms with Crippen molar-refractivity contribution >= 4 is 23.9 Å². The molecule has 1 unspecified atom stereocenters. The minimum absolute atomic E-state index is 0. The second kappa shape index (κ2) is 8.43. The van der Waals surface area contributed by atoms with E-state index in [0.29, 0.717) is 28.8 Å². The average Bonchev–Trinajstić information content (AvgIpc) is 3.14. The van der Waals surface area contributed by atoms with E-state index in [1.807, 2.05) is 13.1 Å². The molecule has 0 saturated carbocycles. The molecular formula is C18H20ClFN6O. The van der Waals surface area contributed by atoms with E-state index in [4.69, 9.17) is 4.52 Å². The van der Waals surface area contributed by atoms with Crippen LogP contribution < -0.4 is 10.6 Å². The number of hydrogen-bond acceptors (Lipinski definition) is 7. The van der Waals surface area contributed by atoms with Crippen LogP contribution in [0.3, 0.4) is 0 Å². The van der Waals surface area contributed by atoms with E-state index in [9.17, 15) is 4.39 Å². The lowest BCUT2D eigenvalue weighted by Gasteiger charge is -2.30. The summed E-state index contributed by atoms with van der Waals surface area (Å²) >= 11 is 0. The van der Waals surface area contributed by atoms with Crippen LogP contribution in [0.1, 0.15) is 11.9 Å². The summed E-state index contributed by atoms with van der Waals surface area (Å²) in [6, 6.07) is 10.1. The number of anilines is 2. The molecule has 0 amide bonds. The van der Waals surface area contributed by atoms with Crippen LogP contribution in [0.4, 0.5) is 15.9 Å². The molecule has 0 radical (unpaired) electrons. The van der Waals surface area contributed by atoms with Crippen molar-refractivity contribution in [1.82, 2.24) is 25.3 Å². The molecule has 142 valence electrons. The molecule has 1 aromatic carbocycles. The molecule has 4 rings (SSSR count). The topological polar surface area (TPSA) is 79.1 Å². The first-order valence-corrected chi connectivity index (χ1v) is 8.44. The van der Waals surface area contributed by atoms with Crippen molar-refractivity contribution in [1.29, 1.82) is 0 Å².